The van der Waals surface area contributed by atoms with Crippen LogP contribution in [0.25, 0.3) is 0 Å². The number of halogens is 2. The summed E-state index contributed by atoms with van der Waals surface area (Å²) in [6.45, 7) is 5.74. The highest BCUT2D eigenvalue weighted by atomic mass is 79.9. The lowest BCUT2D eigenvalue weighted by molar-refractivity contribution is 0.0667. The summed E-state index contributed by atoms with van der Waals surface area (Å²) in [6, 6.07) is 4.88. The zero-order chi connectivity index (χ0) is 12.3. The molecule has 1 fully saturated rings. The monoisotopic (exact) mass is 301 g/mol. The molecule has 2 nitrogen and oxygen atoms in total. The molecule has 1 atom stereocenters. The average Bonchev–Trinajstić information content (AvgIpc) is 2.47. The van der Waals surface area contributed by atoms with E-state index in [9.17, 15) is 4.39 Å². The SMILES string of the molecule is CC1CN(Cc2ccc(F)cc2Br)CCCO1. The first-order valence-electron chi connectivity index (χ1n) is 5.93. The molecule has 1 heterocycles. The van der Waals surface area contributed by atoms with Crippen LogP contribution in [0.4, 0.5) is 4.39 Å². The summed E-state index contributed by atoms with van der Waals surface area (Å²) in [4.78, 5) is 2.36. The summed E-state index contributed by atoms with van der Waals surface area (Å²) >= 11 is 3.41. The minimum Gasteiger partial charge on any atom is -0.377 e. The summed E-state index contributed by atoms with van der Waals surface area (Å²) in [6.07, 6.45) is 1.33. The lowest BCUT2D eigenvalue weighted by Gasteiger charge is -2.22. The molecule has 1 aliphatic rings. The van der Waals surface area contributed by atoms with E-state index < -0.39 is 0 Å². The summed E-state index contributed by atoms with van der Waals surface area (Å²) in [5.74, 6) is -0.201. The predicted molar refractivity (Wildman–Crippen MR) is 69.4 cm³/mol. The normalized spacial score (nSPS) is 22.4. The number of hydrogen-bond donors (Lipinski definition) is 0. The van der Waals surface area contributed by atoms with Crippen LogP contribution in [0.2, 0.25) is 0 Å². The van der Waals surface area contributed by atoms with Gasteiger partial charge in [-0.05, 0) is 31.0 Å². The molecule has 1 aliphatic heterocycles. The summed E-state index contributed by atoms with van der Waals surface area (Å²) in [7, 11) is 0. The zero-order valence-electron chi connectivity index (χ0n) is 9.96. The summed E-state index contributed by atoms with van der Waals surface area (Å²) in [5.41, 5.74) is 1.13. The van der Waals surface area contributed by atoms with Gasteiger partial charge in [-0.3, -0.25) is 4.90 Å². The quantitative estimate of drug-likeness (QED) is 0.832. The maximum Gasteiger partial charge on any atom is 0.124 e. The molecule has 0 bridgehead atoms. The van der Waals surface area contributed by atoms with Gasteiger partial charge >= 0.3 is 0 Å². The van der Waals surface area contributed by atoms with Crippen molar-refractivity contribution in [1.82, 2.24) is 4.90 Å². The van der Waals surface area contributed by atoms with E-state index in [4.69, 9.17) is 4.74 Å². The molecule has 0 saturated carbocycles. The third-order valence-corrected chi connectivity index (χ3v) is 3.68. The molecule has 0 aromatic heterocycles. The molecule has 0 radical (unpaired) electrons. The average molecular weight is 302 g/mol. The van der Waals surface area contributed by atoms with Crippen LogP contribution < -0.4 is 0 Å². The van der Waals surface area contributed by atoms with Crippen molar-refractivity contribution in [3.05, 3.63) is 34.1 Å². The first-order chi connectivity index (χ1) is 8.15. The number of benzene rings is 1. The van der Waals surface area contributed by atoms with Crippen molar-refractivity contribution in [3.8, 4) is 0 Å². The van der Waals surface area contributed by atoms with Gasteiger partial charge in [0.2, 0.25) is 0 Å². The van der Waals surface area contributed by atoms with Crippen LogP contribution in [0, 0.1) is 5.82 Å². The van der Waals surface area contributed by atoms with Gasteiger partial charge in [0, 0.05) is 30.7 Å². The minimum atomic E-state index is -0.201. The molecular formula is C13H17BrFNO. The van der Waals surface area contributed by atoms with Crippen LogP contribution in [0.15, 0.2) is 22.7 Å². The maximum absolute atomic E-state index is 13.0. The van der Waals surface area contributed by atoms with Crippen molar-refractivity contribution < 1.29 is 9.13 Å². The Bertz CT molecular complexity index is 386. The van der Waals surface area contributed by atoms with E-state index in [-0.39, 0.29) is 11.9 Å². The van der Waals surface area contributed by atoms with Gasteiger partial charge in [0.1, 0.15) is 5.82 Å². The molecule has 94 valence electrons. The molecule has 1 aromatic rings. The Morgan fingerprint density at radius 1 is 1.53 bits per heavy atom. The molecule has 17 heavy (non-hydrogen) atoms. The van der Waals surface area contributed by atoms with Crippen LogP contribution in [0.1, 0.15) is 18.9 Å². The Kier molecular flexibility index (Phi) is 4.54. The van der Waals surface area contributed by atoms with Crippen LogP contribution in [-0.2, 0) is 11.3 Å². The molecule has 0 amide bonds. The molecule has 0 aliphatic carbocycles. The van der Waals surface area contributed by atoms with Gasteiger partial charge in [-0.25, -0.2) is 4.39 Å². The maximum atomic E-state index is 13.0. The zero-order valence-corrected chi connectivity index (χ0v) is 11.5. The topological polar surface area (TPSA) is 12.5 Å². The van der Waals surface area contributed by atoms with Gasteiger partial charge in [-0.1, -0.05) is 22.0 Å². The van der Waals surface area contributed by atoms with Crippen molar-refractivity contribution in [2.75, 3.05) is 19.7 Å². The Hall–Kier alpha value is -0.450. The van der Waals surface area contributed by atoms with Crippen LogP contribution in [0.5, 0.6) is 0 Å². The van der Waals surface area contributed by atoms with Crippen molar-refractivity contribution in [2.24, 2.45) is 0 Å². The summed E-state index contributed by atoms with van der Waals surface area (Å²) < 4.78 is 19.4. The number of rotatable bonds is 2. The van der Waals surface area contributed by atoms with Crippen LogP contribution in [0.3, 0.4) is 0 Å². The second-order valence-electron chi connectivity index (χ2n) is 4.51. The third kappa shape index (κ3) is 3.76. The lowest BCUT2D eigenvalue weighted by Crippen LogP contribution is -2.29. The minimum absolute atomic E-state index is 0.201. The smallest absolute Gasteiger partial charge is 0.124 e. The highest BCUT2D eigenvalue weighted by molar-refractivity contribution is 9.10. The van der Waals surface area contributed by atoms with Crippen molar-refractivity contribution in [1.29, 1.82) is 0 Å². The molecule has 1 saturated heterocycles. The fraction of sp³-hybridized carbons (Fsp3) is 0.538. The molecule has 0 spiro atoms. The lowest BCUT2D eigenvalue weighted by atomic mass is 10.2. The van der Waals surface area contributed by atoms with Crippen LogP contribution in [-0.4, -0.2) is 30.7 Å². The van der Waals surface area contributed by atoms with E-state index in [1.54, 1.807) is 0 Å². The van der Waals surface area contributed by atoms with E-state index in [1.807, 2.05) is 6.07 Å². The first-order valence-corrected chi connectivity index (χ1v) is 6.72. The highest BCUT2D eigenvalue weighted by Gasteiger charge is 2.16. The van der Waals surface area contributed by atoms with Gasteiger partial charge in [0.05, 0.1) is 6.10 Å². The number of nitrogens with zero attached hydrogens (tertiary/aromatic N) is 1. The Balaban J connectivity index is 2.03. The number of ether oxygens (including phenoxy) is 1. The van der Waals surface area contributed by atoms with Crippen molar-refractivity contribution >= 4 is 15.9 Å². The molecule has 0 N–H and O–H groups in total. The fourth-order valence-electron chi connectivity index (χ4n) is 2.11. The molecule has 1 aromatic carbocycles. The highest BCUT2D eigenvalue weighted by Crippen LogP contribution is 2.20. The van der Waals surface area contributed by atoms with Crippen molar-refractivity contribution in [3.63, 3.8) is 0 Å². The van der Waals surface area contributed by atoms with Gasteiger partial charge in [-0.2, -0.15) is 0 Å². The summed E-state index contributed by atoms with van der Waals surface area (Å²) in [5, 5.41) is 0. The fourth-order valence-corrected chi connectivity index (χ4v) is 2.59. The van der Waals surface area contributed by atoms with E-state index in [0.717, 1.165) is 42.7 Å². The van der Waals surface area contributed by atoms with Gasteiger partial charge in [-0.15, -0.1) is 0 Å². The van der Waals surface area contributed by atoms with E-state index in [0.29, 0.717) is 0 Å². The standard InChI is InChI=1S/C13H17BrFNO/c1-10-8-16(5-2-6-17-10)9-11-3-4-12(15)7-13(11)14/h3-4,7,10H,2,5-6,8-9H2,1H3. The third-order valence-electron chi connectivity index (χ3n) is 2.95. The predicted octanol–water partition coefficient (Wildman–Crippen LogP) is 3.20. The molecular weight excluding hydrogens is 285 g/mol. The van der Waals surface area contributed by atoms with Crippen molar-refractivity contribution in [2.45, 2.75) is 26.0 Å². The molecule has 1 unspecified atom stereocenters. The van der Waals surface area contributed by atoms with Crippen LogP contribution >= 0.6 is 15.9 Å². The van der Waals surface area contributed by atoms with Gasteiger partial charge in [0.25, 0.3) is 0 Å². The second-order valence-corrected chi connectivity index (χ2v) is 5.36. The Morgan fingerprint density at radius 2 is 2.35 bits per heavy atom. The van der Waals surface area contributed by atoms with E-state index in [2.05, 4.69) is 27.8 Å². The first kappa shape index (κ1) is 13.0. The second kappa shape index (κ2) is 5.94. The Labute approximate surface area is 110 Å². The van der Waals surface area contributed by atoms with E-state index in [1.165, 1.54) is 12.1 Å². The van der Waals surface area contributed by atoms with Gasteiger partial charge < -0.3 is 4.74 Å². The largest absolute Gasteiger partial charge is 0.377 e. The number of hydrogen-bond acceptors (Lipinski definition) is 2. The van der Waals surface area contributed by atoms with E-state index >= 15 is 0 Å². The van der Waals surface area contributed by atoms with Gasteiger partial charge in [0.15, 0.2) is 0 Å². The Morgan fingerprint density at radius 3 is 3.12 bits per heavy atom. The molecule has 4 heteroatoms. The molecule has 2 rings (SSSR count).